The normalized spacial score (nSPS) is 20.7. The van der Waals surface area contributed by atoms with Crippen LogP contribution in [0.1, 0.15) is 44.9 Å². The van der Waals surface area contributed by atoms with Crippen LogP contribution < -0.4 is 5.32 Å². The third-order valence-corrected chi connectivity index (χ3v) is 6.36. The number of rotatable bonds is 5. The third-order valence-electron chi connectivity index (χ3n) is 4.58. The molecule has 1 aliphatic carbocycles. The summed E-state index contributed by atoms with van der Waals surface area (Å²) in [5.74, 6) is -0.0839. The van der Waals surface area contributed by atoms with Crippen LogP contribution in [0.3, 0.4) is 0 Å². The zero-order valence-corrected chi connectivity index (χ0v) is 14.1. The van der Waals surface area contributed by atoms with E-state index in [4.69, 9.17) is 0 Å². The van der Waals surface area contributed by atoms with Gasteiger partial charge in [0.1, 0.15) is 6.54 Å². The van der Waals surface area contributed by atoms with Crippen molar-refractivity contribution in [2.24, 2.45) is 0 Å². The number of nitrogens with one attached hydrogen (secondary N) is 1. The van der Waals surface area contributed by atoms with Crippen molar-refractivity contribution in [1.29, 1.82) is 0 Å². The van der Waals surface area contributed by atoms with Gasteiger partial charge in [-0.1, -0.05) is 19.3 Å². The third kappa shape index (κ3) is 3.92. The minimum absolute atomic E-state index is 0.0323. The Labute approximate surface area is 137 Å². The predicted octanol–water partition coefficient (Wildman–Crippen LogP) is 1.12. The van der Waals surface area contributed by atoms with Gasteiger partial charge in [0.05, 0.1) is 6.33 Å². The van der Waals surface area contributed by atoms with Gasteiger partial charge in [-0.15, -0.1) is 0 Å². The summed E-state index contributed by atoms with van der Waals surface area (Å²) >= 11 is 0. The molecule has 2 fully saturated rings. The Morgan fingerprint density at radius 2 is 1.87 bits per heavy atom. The molecular formula is C15H24N4O3S. The van der Waals surface area contributed by atoms with E-state index >= 15 is 0 Å². The average Bonchev–Trinajstić information content (AvgIpc) is 3.20. The molecule has 8 heteroatoms. The predicted molar refractivity (Wildman–Crippen MR) is 85.2 cm³/mol. The molecule has 1 aliphatic heterocycles. The lowest BCUT2D eigenvalue weighted by Crippen LogP contribution is -2.38. The molecule has 0 aromatic carbocycles. The van der Waals surface area contributed by atoms with E-state index < -0.39 is 10.0 Å². The summed E-state index contributed by atoms with van der Waals surface area (Å²) in [4.78, 5) is 16.1. The van der Waals surface area contributed by atoms with E-state index in [1.54, 1.807) is 4.57 Å². The minimum atomic E-state index is -3.51. The van der Waals surface area contributed by atoms with Crippen LogP contribution in [0.4, 0.5) is 0 Å². The van der Waals surface area contributed by atoms with E-state index in [0.717, 1.165) is 38.5 Å². The number of hydrogen-bond acceptors (Lipinski definition) is 4. The zero-order valence-electron chi connectivity index (χ0n) is 13.3. The molecule has 0 bridgehead atoms. The molecule has 0 atom stereocenters. The summed E-state index contributed by atoms with van der Waals surface area (Å²) in [7, 11) is -3.51. The number of aromatic nitrogens is 2. The molecule has 128 valence electrons. The highest BCUT2D eigenvalue weighted by atomic mass is 32.2. The maximum absolute atomic E-state index is 12.4. The molecule has 1 saturated carbocycles. The largest absolute Gasteiger partial charge is 0.352 e. The quantitative estimate of drug-likeness (QED) is 0.870. The number of amides is 1. The van der Waals surface area contributed by atoms with Crippen molar-refractivity contribution in [3.63, 3.8) is 0 Å². The van der Waals surface area contributed by atoms with Crippen molar-refractivity contribution in [3.8, 4) is 0 Å². The van der Waals surface area contributed by atoms with Crippen molar-refractivity contribution in [3.05, 3.63) is 12.5 Å². The molecule has 2 aliphatic rings. The van der Waals surface area contributed by atoms with E-state index in [1.165, 1.54) is 23.3 Å². The molecule has 1 amide bonds. The molecule has 1 aromatic rings. The van der Waals surface area contributed by atoms with Crippen LogP contribution in [0, 0.1) is 0 Å². The SMILES string of the molecule is O=C(Cn1cnc(S(=O)(=O)N2CCCC2)c1)NC1CCCCC1. The first-order valence-electron chi connectivity index (χ1n) is 8.37. The average molecular weight is 340 g/mol. The molecule has 1 saturated heterocycles. The van der Waals surface area contributed by atoms with Gasteiger partial charge in [0.25, 0.3) is 10.0 Å². The summed E-state index contributed by atoms with van der Waals surface area (Å²) in [6.45, 7) is 1.22. The van der Waals surface area contributed by atoms with Crippen LogP contribution in [-0.2, 0) is 21.4 Å². The van der Waals surface area contributed by atoms with Crippen molar-refractivity contribution in [2.75, 3.05) is 13.1 Å². The Morgan fingerprint density at radius 3 is 2.57 bits per heavy atom. The van der Waals surface area contributed by atoms with Gasteiger partial charge in [0, 0.05) is 25.3 Å². The highest BCUT2D eigenvalue weighted by molar-refractivity contribution is 7.89. The Balaban J connectivity index is 1.59. The van der Waals surface area contributed by atoms with Crippen molar-refractivity contribution in [1.82, 2.24) is 19.2 Å². The summed E-state index contributed by atoms with van der Waals surface area (Å²) in [6.07, 6.45) is 10.3. The molecule has 1 aromatic heterocycles. The molecule has 7 nitrogen and oxygen atoms in total. The topological polar surface area (TPSA) is 84.3 Å². The first kappa shape index (κ1) is 16.4. The molecule has 1 N–H and O–H groups in total. The van der Waals surface area contributed by atoms with Crippen LogP contribution >= 0.6 is 0 Å². The highest BCUT2D eigenvalue weighted by Gasteiger charge is 2.29. The smallest absolute Gasteiger partial charge is 0.262 e. The number of hydrogen-bond donors (Lipinski definition) is 1. The van der Waals surface area contributed by atoms with Gasteiger partial charge in [0.15, 0.2) is 5.03 Å². The van der Waals surface area contributed by atoms with Gasteiger partial charge >= 0.3 is 0 Å². The minimum Gasteiger partial charge on any atom is -0.352 e. The van der Waals surface area contributed by atoms with Crippen LogP contribution in [0.15, 0.2) is 17.6 Å². The first-order chi connectivity index (χ1) is 11.1. The summed E-state index contributed by atoms with van der Waals surface area (Å²) in [6, 6.07) is 0.257. The molecule has 2 heterocycles. The maximum atomic E-state index is 12.4. The Kier molecular flexibility index (Phi) is 5.01. The fraction of sp³-hybridized carbons (Fsp3) is 0.733. The molecule has 0 unspecified atom stereocenters. The second-order valence-corrected chi connectivity index (χ2v) is 8.28. The van der Waals surface area contributed by atoms with E-state index in [0.29, 0.717) is 13.1 Å². The molecule has 23 heavy (non-hydrogen) atoms. The van der Waals surface area contributed by atoms with E-state index in [1.807, 2.05) is 0 Å². The van der Waals surface area contributed by atoms with E-state index in [2.05, 4.69) is 10.3 Å². The second kappa shape index (κ2) is 7.00. The Hall–Kier alpha value is -1.41. The van der Waals surface area contributed by atoms with Gasteiger partial charge in [0.2, 0.25) is 5.91 Å². The number of carbonyl (C=O) groups excluding carboxylic acids is 1. The second-order valence-electron chi connectivity index (χ2n) is 6.40. The van der Waals surface area contributed by atoms with Crippen molar-refractivity contribution >= 4 is 15.9 Å². The first-order valence-corrected chi connectivity index (χ1v) is 9.81. The standard InChI is InChI=1S/C15H24N4O3S/c20-14(17-13-6-2-1-3-7-13)10-18-11-15(16-12-18)23(21,22)19-8-4-5-9-19/h11-13H,1-10H2,(H,17,20). The summed E-state index contributed by atoms with van der Waals surface area (Å²) in [5, 5.41) is 3.06. The Bertz CT molecular complexity index is 643. The lowest BCUT2D eigenvalue weighted by atomic mass is 9.95. The lowest BCUT2D eigenvalue weighted by Gasteiger charge is -2.22. The van der Waals surface area contributed by atoms with Gasteiger partial charge in [-0.3, -0.25) is 4.79 Å². The molecular weight excluding hydrogens is 316 g/mol. The summed E-state index contributed by atoms with van der Waals surface area (Å²) < 4.78 is 27.8. The van der Waals surface area contributed by atoms with Gasteiger partial charge in [-0.25, -0.2) is 13.4 Å². The molecule has 0 spiro atoms. The summed E-state index contributed by atoms with van der Waals surface area (Å²) in [5.41, 5.74) is 0. The fourth-order valence-electron chi connectivity index (χ4n) is 3.31. The molecule has 3 rings (SSSR count). The highest BCUT2D eigenvalue weighted by Crippen LogP contribution is 2.19. The number of nitrogens with zero attached hydrogens (tertiary/aromatic N) is 3. The van der Waals surface area contributed by atoms with Crippen LogP contribution in [0.2, 0.25) is 0 Å². The number of imidazole rings is 1. The molecule has 0 radical (unpaired) electrons. The van der Waals surface area contributed by atoms with Crippen LogP contribution in [0.5, 0.6) is 0 Å². The van der Waals surface area contributed by atoms with Gasteiger partial charge in [-0.05, 0) is 25.7 Å². The van der Waals surface area contributed by atoms with Gasteiger partial charge in [-0.2, -0.15) is 4.31 Å². The van der Waals surface area contributed by atoms with Crippen molar-refractivity contribution in [2.45, 2.75) is 62.6 Å². The van der Waals surface area contributed by atoms with E-state index in [9.17, 15) is 13.2 Å². The maximum Gasteiger partial charge on any atom is 0.262 e. The van der Waals surface area contributed by atoms with Crippen molar-refractivity contribution < 1.29 is 13.2 Å². The van der Waals surface area contributed by atoms with E-state index in [-0.39, 0.29) is 23.5 Å². The lowest BCUT2D eigenvalue weighted by molar-refractivity contribution is -0.122. The number of sulfonamides is 1. The van der Waals surface area contributed by atoms with Gasteiger partial charge < -0.3 is 9.88 Å². The van der Waals surface area contributed by atoms with Crippen LogP contribution in [0.25, 0.3) is 0 Å². The van der Waals surface area contributed by atoms with Crippen LogP contribution in [-0.4, -0.2) is 47.3 Å². The zero-order chi connectivity index (χ0) is 16.3. The Morgan fingerprint density at radius 1 is 1.17 bits per heavy atom. The fourth-order valence-corrected chi connectivity index (χ4v) is 4.76. The monoisotopic (exact) mass is 340 g/mol. The number of carbonyl (C=O) groups is 1.